The number of thioether (sulfide) groups is 1. The maximum absolute atomic E-state index is 9.55. The van der Waals surface area contributed by atoms with E-state index in [0.29, 0.717) is 29.5 Å². The molecule has 40 heavy (non-hydrogen) atoms. The molecule has 1 aliphatic rings. The van der Waals surface area contributed by atoms with E-state index in [-0.39, 0.29) is 0 Å². The summed E-state index contributed by atoms with van der Waals surface area (Å²) in [7, 11) is 0. The lowest BCUT2D eigenvalue weighted by Crippen LogP contribution is -2.32. The third-order valence-corrected chi connectivity index (χ3v) is 5.81. The summed E-state index contributed by atoms with van der Waals surface area (Å²) in [6.45, 7) is 5.41. The van der Waals surface area contributed by atoms with Crippen LogP contribution in [0.4, 0.5) is 5.69 Å². The van der Waals surface area contributed by atoms with Crippen LogP contribution in [0.2, 0.25) is 0 Å². The molecule has 2 aromatic carbocycles. The number of aliphatic carboxylic acids is 4. The topological polar surface area (TPSA) is 191 Å². The molecule has 0 spiro atoms. The van der Waals surface area contributed by atoms with E-state index in [4.69, 9.17) is 26.2 Å². The van der Waals surface area contributed by atoms with E-state index in [1.54, 1.807) is 11.8 Å². The predicted molar refractivity (Wildman–Crippen MR) is 154 cm³/mol. The summed E-state index contributed by atoms with van der Waals surface area (Å²) in [6, 6.07) is 17.3. The molecule has 0 bridgehead atoms. The van der Waals surface area contributed by atoms with Crippen molar-refractivity contribution in [2.75, 3.05) is 18.8 Å². The lowest BCUT2D eigenvalue weighted by molar-refractivity contribution is -0.134. The molecule has 0 amide bonds. The Hall–Kier alpha value is -4.42. The summed E-state index contributed by atoms with van der Waals surface area (Å²) in [5, 5.41) is 31.9. The smallest absolute Gasteiger partial charge is 0.328 e. The molecule has 214 valence electrons. The summed E-state index contributed by atoms with van der Waals surface area (Å²) < 4.78 is 0. The third kappa shape index (κ3) is 15.7. The van der Waals surface area contributed by atoms with Crippen LogP contribution in [0.15, 0.2) is 77.8 Å². The van der Waals surface area contributed by atoms with Gasteiger partial charge < -0.3 is 26.2 Å². The van der Waals surface area contributed by atoms with Gasteiger partial charge in [-0.05, 0) is 47.4 Å². The van der Waals surface area contributed by atoms with Gasteiger partial charge in [-0.3, -0.25) is 4.90 Å². The van der Waals surface area contributed by atoms with Gasteiger partial charge in [-0.1, -0.05) is 55.1 Å². The van der Waals surface area contributed by atoms with Crippen LogP contribution in [0.1, 0.15) is 23.6 Å². The summed E-state index contributed by atoms with van der Waals surface area (Å²) in [4.78, 5) is 45.2. The van der Waals surface area contributed by atoms with Crippen molar-refractivity contribution >= 4 is 46.5 Å². The number of benzene rings is 2. The number of aliphatic imine (C=N–C) groups is 1. The summed E-state index contributed by atoms with van der Waals surface area (Å²) in [5.74, 6) is -4.08. The molecule has 12 heteroatoms. The molecular formula is C28H33N3O8S. The summed E-state index contributed by atoms with van der Waals surface area (Å²) in [5.41, 5.74) is 11.1. The van der Waals surface area contributed by atoms with Gasteiger partial charge in [-0.15, -0.1) is 0 Å². The Morgan fingerprint density at radius 1 is 0.850 bits per heavy atom. The number of nitrogens with two attached hydrogens (primary N) is 1. The van der Waals surface area contributed by atoms with Crippen molar-refractivity contribution < 1.29 is 39.6 Å². The fraction of sp³-hybridized carbons (Fsp3) is 0.250. The highest BCUT2D eigenvalue weighted by atomic mass is 32.2. The van der Waals surface area contributed by atoms with Gasteiger partial charge in [0, 0.05) is 43.9 Å². The van der Waals surface area contributed by atoms with E-state index in [1.807, 2.05) is 0 Å². The highest BCUT2D eigenvalue weighted by molar-refractivity contribution is 8.13. The lowest BCUT2D eigenvalue weighted by Gasteiger charge is -2.28. The van der Waals surface area contributed by atoms with Crippen LogP contribution >= 0.6 is 11.8 Å². The van der Waals surface area contributed by atoms with Gasteiger partial charge in [0.05, 0.1) is 5.69 Å². The number of carboxylic acids is 4. The van der Waals surface area contributed by atoms with Crippen molar-refractivity contribution in [2.24, 2.45) is 10.7 Å². The molecule has 3 rings (SSSR count). The molecule has 2 aromatic rings. The van der Waals surface area contributed by atoms with Crippen LogP contribution in [0, 0.1) is 0 Å². The number of carboxylic acid groups (broad SMARTS) is 4. The number of carbonyl (C=O) groups is 4. The standard InChI is InChI=1S/C20H25N3S.2C4H4O4/c1-2-24-20(21)22-19-9-7-16(8-10-19)11-13-23-14-12-17-5-3-4-6-18(17)15-23;2*5-3(6)1-2-4(7)8/h3-10H,2,11-15H2,1H3,(H2,21,22);2*1-2H,(H,5,6)(H,7,8)/b;2*2-1-. The van der Waals surface area contributed by atoms with E-state index in [2.05, 4.69) is 65.3 Å². The first-order valence-electron chi connectivity index (χ1n) is 12.1. The van der Waals surface area contributed by atoms with Crippen molar-refractivity contribution in [1.82, 2.24) is 4.90 Å². The van der Waals surface area contributed by atoms with Crippen molar-refractivity contribution in [2.45, 2.75) is 26.3 Å². The van der Waals surface area contributed by atoms with Gasteiger partial charge in [0.25, 0.3) is 0 Å². The lowest BCUT2D eigenvalue weighted by atomic mass is 9.99. The molecule has 0 radical (unpaired) electrons. The molecule has 6 N–H and O–H groups in total. The predicted octanol–water partition coefficient (Wildman–Crippen LogP) is 3.41. The van der Waals surface area contributed by atoms with E-state index >= 15 is 0 Å². The largest absolute Gasteiger partial charge is 0.478 e. The van der Waals surface area contributed by atoms with Crippen LogP contribution in [0.3, 0.4) is 0 Å². The Labute approximate surface area is 236 Å². The highest BCUT2D eigenvalue weighted by Gasteiger charge is 2.15. The number of fused-ring (bicyclic) bond motifs is 1. The Balaban J connectivity index is 0.000000412. The Morgan fingerprint density at radius 2 is 1.35 bits per heavy atom. The second-order valence-corrected chi connectivity index (χ2v) is 9.40. The van der Waals surface area contributed by atoms with Crippen LogP contribution in [0.25, 0.3) is 0 Å². The number of nitrogens with zero attached hydrogens (tertiary/aromatic N) is 2. The maximum Gasteiger partial charge on any atom is 0.328 e. The average Bonchev–Trinajstić information content (AvgIpc) is 2.91. The van der Waals surface area contributed by atoms with Crippen LogP contribution < -0.4 is 5.73 Å². The van der Waals surface area contributed by atoms with Crippen molar-refractivity contribution in [3.8, 4) is 0 Å². The monoisotopic (exact) mass is 571 g/mol. The second kappa shape index (κ2) is 18.8. The zero-order valence-corrected chi connectivity index (χ0v) is 22.8. The van der Waals surface area contributed by atoms with E-state index in [9.17, 15) is 19.2 Å². The Kier molecular flexibility index (Phi) is 15.8. The average molecular weight is 572 g/mol. The molecule has 0 fully saturated rings. The van der Waals surface area contributed by atoms with Crippen molar-refractivity contribution in [3.05, 3.63) is 89.5 Å². The number of rotatable bonds is 9. The van der Waals surface area contributed by atoms with E-state index < -0.39 is 23.9 Å². The first-order valence-corrected chi connectivity index (χ1v) is 13.1. The van der Waals surface area contributed by atoms with Crippen LogP contribution in [-0.4, -0.2) is 73.2 Å². The van der Waals surface area contributed by atoms with E-state index in [0.717, 1.165) is 43.9 Å². The SMILES string of the molecule is CCSC(N)=Nc1ccc(CCN2CCc3ccccc3C2)cc1.O=C(O)/C=C\C(=O)O.O=C(O)/C=C\C(=O)O. The molecule has 1 heterocycles. The molecule has 0 atom stereocenters. The highest BCUT2D eigenvalue weighted by Crippen LogP contribution is 2.19. The second-order valence-electron chi connectivity index (χ2n) is 8.11. The van der Waals surface area contributed by atoms with Crippen molar-refractivity contribution in [1.29, 1.82) is 0 Å². The molecule has 0 aromatic heterocycles. The molecule has 11 nitrogen and oxygen atoms in total. The molecule has 0 saturated heterocycles. The fourth-order valence-corrected chi connectivity index (χ4v) is 3.83. The zero-order chi connectivity index (χ0) is 29.9. The van der Waals surface area contributed by atoms with E-state index in [1.165, 1.54) is 16.7 Å². The quantitative estimate of drug-likeness (QED) is 0.168. The molecular weight excluding hydrogens is 538 g/mol. The molecule has 0 unspecified atom stereocenters. The Bertz CT molecular complexity index is 1160. The minimum atomic E-state index is -1.26. The van der Waals surface area contributed by atoms with Gasteiger partial charge in [0.2, 0.25) is 0 Å². The van der Waals surface area contributed by atoms with Gasteiger partial charge in [-0.25, -0.2) is 24.2 Å². The van der Waals surface area contributed by atoms with Crippen LogP contribution in [0.5, 0.6) is 0 Å². The first kappa shape index (κ1) is 33.6. The molecule has 0 saturated carbocycles. The zero-order valence-electron chi connectivity index (χ0n) is 22.0. The fourth-order valence-electron chi connectivity index (χ4n) is 3.36. The minimum Gasteiger partial charge on any atom is -0.478 e. The summed E-state index contributed by atoms with van der Waals surface area (Å²) >= 11 is 1.57. The first-order chi connectivity index (χ1) is 19.0. The normalized spacial score (nSPS) is 13.0. The van der Waals surface area contributed by atoms with Gasteiger partial charge in [0.1, 0.15) is 0 Å². The van der Waals surface area contributed by atoms with Gasteiger partial charge >= 0.3 is 23.9 Å². The molecule has 0 aliphatic carbocycles. The maximum atomic E-state index is 9.55. The van der Waals surface area contributed by atoms with Crippen LogP contribution in [-0.2, 0) is 38.6 Å². The number of amidine groups is 1. The third-order valence-electron chi connectivity index (χ3n) is 5.13. The van der Waals surface area contributed by atoms with Gasteiger partial charge in [-0.2, -0.15) is 0 Å². The summed E-state index contributed by atoms with van der Waals surface area (Å²) in [6.07, 6.45) is 4.47. The van der Waals surface area contributed by atoms with Gasteiger partial charge in [0.15, 0.2) is 5.17 Å². The van der Waals surface area contributed by atoms with Crippen molar-refractivity contribution in [3.63, 3.8) is 0 Å². The minimum absolute atomic E-state index is 0.558. The molecule has 1 aliphatic heterocycles. The number of hydrogen-bond donors (Lipinski definition) is 5. The number of hydrogen-bond acceptors (Lipinski definition) is 7. The Morgan fingerprint density at radius 3 is 1.82 bits per heavy atom.